The second-order valence-electron chi connectivity index (χ2n) is 5.85. The van der Waals surface area contributed by atoms with Crippen molar-refractivity contribution in [1.29, 1.82) is 0 Å². The van der Waals surface area contributed by atoms with Gasteiger partial charge in [-0.3, -0.25) is 9.79 Å². The zero-order chi connectivity index (χ0) is 16.3. The van der Waals surface area contributed by atoms with E-state index in [1.165, 1.54) is 7.11 Å². The van der Waals surface area contributed by atoms with Gasteiger partial charge in [-0.25, -0.2) is 8.42 Å². The monoisotopic (exact) mass is 447 g/mol. The van der Waals surface area contributed by atoms with Gasteiger partial charge in [-0.2, -0.15) is 0 Å². The number of nitrogens with one attached hydrogen (secondary N) is 1. The number of methoxy groups -OCH3 is 1. The summed E-state index contributed by atoms with van der Waals surface area (Å²) in [6, 6.07) is 0. The number of rotatable bonds is 3. The number of halogens is 1. The van der Waals surface area contributed by atoms with Gasteiger partial charge in [-0.1, -0.05) is 6.92 Å². The van der Waals surface area contributed by atoms with Gasteiger partial charge in [-0.15, -0.1) is 24.0 Å². The third-order valence-corrected chi connectivity index (χ3v) is 6.26. The van der Waals surface area contributed by atoms with Crippen molar-refractivity contribution in [3.63, 3.8) is 0 Å². The van der Waals surface area contributed by atoms with Crippen LogP contribution in [0.4, 0.5) is 0 Å². The first-order valence-electron chi connectivity index (χ1n) is 6.90. The molecule has 0 saturated carbocycles. The van der Waals surface area contributed by atoms with Crippen molar-refractivity contribution in [2.24, 2.45) is 10.9 Å². The number of hydrogen-bond donors (Lipinski definition) is 1. The summed E-state index contributed by atoms with van der Waals surface area (Å²) in [5.74, 6) is 0.120. The molecule has 1 saturated heterocycles. The molecule has 0 radical (unpaired) electrons. The predicted octanol–water partition coefficient (Wildman–Crippen LogP) is 0.498. The Morgan fingerprint density at radius 3 is 2.50 bits per heavy atom. The molecule has 0 aromatic rings. The smallest absolute Gasteiger partial charge is 0.310 e. The van der Waals surface area contributed by atoms with Crippen LogP contribution in [0.2, 0.25) is 0 Å². The maximum Gasteiger partial charge on any atom is 0.310 e. The molecule has 1 atom stereocenters. The lowest BCUT2D eigenvalue weighted by Crippen LogP contribution is -2.57. The van der Waals surface area contributed by atoms with Gasteiger partial charge in [0, 0.05) is 26.7 Å². The molecule has 1 N–H and O–H groups in total. The van der Waals surface area contributed by atoms with E-state index in [1.807, 2.05) is 4.90 Å². The van der Waals surface area contributed by atoms with Crippen molar-refractivity contribution in [2.45, 2.75) is 25.5 Å². The Morgan fingerprint density at radius 1 is 1.45 bits per heavy atom. The van der Waals surface area contributed by atoms with E-state index in [4.69, 9.17) is 0 Å². The van der Waals surface area contributed by atoms with Crippen LogP contribution in [0, 0.1) is 5.92 Å². The number of carbonyl (C=O) groups is 1. The molecule has 0 aromatic heterocycles. The molecular weight excluding hydrogens is 421 g/mol. The first-order chi connectivity index (χ1) is 9.64. The Balaban J connectivity index is 0.00000441. The number of sulfone groups is 1. The summed E-state index contributed by atoms with van der Waals surface area (Å²) >= 11 is 0. The van der Waals surface area contributed by atoms with Gasteiger partial charge >= 0.3 is 5.97 Å². The summed E-state index contributed by atoms with van der Waals surface area (Å²) in [4.78, 5) is 17.5. The van der Waals surface area contributed by atoms with Crippen molar-refractivity contribution in [2.75, 3.05) is 39.5 Å². The minimum absolute atomic E-state index is 0. The lowest BCUT2D eigenvalue weighted by Gasteiger charge is -2.39. The second kappa shape index (κ2) is 8.32. The molecule has 0 aromatic carbocycles. The Kier molecular flexibility index (Phi) is 8.10. The Hall–Kier alpha value is -0.580. The van der Waals surface area contributed by atoms with E-state index < -0.39 is 14.6 Å². The number of aliphatic imine (C=N–C) groups is 1. The summed E-state index contributed by atoms with van der Waals surface area (Å²) in [7, 11) is -0.0899. The zero-order valence-electron chi connectivity index (χ0n) is 13.7. The lowest BCUT2D eigenvalue weighted by molar-refractivity contribution is -0.144. The summed E-state index contributed by atoms with van der Waals surface area (Å²) in [6.07, 6.45) is 0. The quantitative estimate of drug-likeness (QED) is 0.294. The maximum absolute atomic E-state index is 12.0. The van der Waals surface area contributed by atoms with E-state index >= 15 is 0 Å². The Bertz CT molecular complexity index is 519. The molecule has 7 nitrogen and oxygen atoms in total. The van der Waals surface area contributed by atoms with E-state index in [-0.39, 0.29) is 41.6 Å². The summed E-state index contributed by atoms with van der Waals surface area (Å²) < 4.78 is 27.9. The highest BCUT2D eigenvalue weighted by Crippen LogP contribution is 2.23. The number of nitrogens with zero attached hydrogens (tertiary/aromatic N) is 2. The molecule has 1 unspecified atom stereocenters. The summed E-state index contributed by atoms with van der Waals surface area (Å²) in [5.41, 5.74) is 0. The first kappa shape index (κ1) is 21.4. The molecule has 9 heteroatoms. The van der Waals surface area contributed by atoms with Crippen molar-refractivity contribution >= 4 is 45.7 Å². The molecule has 0 aliphatic carbocycles. The van der Waals surface area contributed by atoms with Crippen LogP contribution >= 0.6 is 24.0 Å². The number of esters is 1. The van der Waals surface area contributed by atoms with Gasteiger partial charge in [0.1, 0.15) is 0 Å². The fourth-order valence-corrected chi connectivity index (χ4v) is 3.55. The van der Waals surface area contributed by atoms with E-state index in [0.717, 1.165) is 0 Å². The van der Waals surface area contributed by atoms with Crippen LogP contribution in [0.1, 0.15) is 20.8 Å². The average molecular weight is 447 g/mol. The SMILES string of the molecule is CN=C(NCC(C)C(=O)OC)N1CCS(=O)(=O)C(C)(C)C1.I. The normalized spacial score (nSPS) is 21.5. The van der Waals surface area contributed by atoms with Gasteiger partial charge in [-0.05, 0) is 13.8 Å². The third-order valence-electron chi connectivity index (χ3n) is 3.72. The number of guanidine groups is 1. The van der Waals surface area contributed by atoms with Gasteiger partial charge < -0.3 is 15.0 Å². The minimum atomic E-state index is -3.08. The van der Waals surface area contributed by atoms with Crippen LogP contribution in [0.5, 0.6) is 0 Å². The second-order valence-corrected chi connectivity index (χ2v) is 8.60. The Morgan fingerprint density at radius 2 is 2.05 bits per heavy atom. The van der Waals surface area contributed by atoms with E-state index in [9.17, 15) is 13.2 Å². The molecule has 1 aliphatic heterocycles. The van der Waals surface area contributed by atoms with Crippen molar-refractivity contribution in [1.82, 2.24) is 10.2 Å². The highest BCUT2D eigenvalue weighted by atomic mass is 127. The molecule has 0 spiro atoms. The molecule has 1 aliphatic rings. The highest BCUT2D eigenvalue weighted by molar-refractivity contribution is 14.0. The van der Waals surface area contributed by atoms with E-state index in [1.54, 1.807) is 27.8 Å². The molecule has 1 rings (SSSR count). The molecule has 0 bridgehead atoms. The van der Waals surface area contributed by atoms with Crippen LogP contribution in [0.3, 0.4) is 0 Å². The summed E-state index contributed by atoms with van der Waals surface area (Å²) in [5, 5.41) is 3.10. The van der Waals surface area contributed by atoms with Crippen LogP contribution < -0.4 is 5.32 Å². The first-order valence-corrected chi connectivity index (χ1v) is 8.55. The molecule has 0 amide bonds. The summed E-state index contributed by atoms with van der Waals surface area (Å²) in [6.45, 7) is 6.37. The fraction of sp³-hybridized carbons (Fsp3) is 0.846. The average Bonchev–Trinajstić information content (AvgIpc) is 2.42. The number of carbonyl (C=O) groups excluding carboxylic acids is 1. The van der Waals surface area contributed by atoms with Crippen LogP contribution in [-0.2, 0) is 19.4 Å². The lowest BCUT2D eigenvalue weighted by atomic mass is 10.2. The highest BCUT2D eigenvalue weighted by Gasteiger charge is 2.41. The van der Waals surface area contributed by atoms with E-state index in [2.05, 4.69) is 15.0 Å². The topological polar surface area (TPSA) is 88.1 Å². The molecule has 1 fully saturated rings. The van der Waals surface area contributed by atoms with Crippen molar-refractivity contribution in [3.8, 4) is 0 Å². The minimum Gasteiger partial charge on any atom is -0.469 e. The van der Waals surface area contributed by atoms with E-state index in [0.29, 0.717) is 25.6 Å². The molecule has 1 heterocycles. The number of ether oxygens (including phenoxy) is 1. The standard InChI is InChI=1S/C13H25N3O4S.HI/c1-10(11(17)20-5)8-15-12(14-4)16-6-7-21(18,19)13(2,3)9-16;/h10H,6-9H2,1-5H3,(H,14,15);1H. The third kappa shape index (κ3) is 4.97. The largest absolute Gasteiger partial charge is 0.469 e. The molecular formula is C13H26IN3O4S. The van der Waals surface area contributed by atoms with Gasteiger partial charge in [0.15, 0.2) is 15.8 Å². The predicted molar refractivity (Wildman–Crippen MR) is 97.4 cm³/mol. The van der Waals surface area contributed by atoms with Crippen LogP contribution in [0.25, 0.3) is 0 Å². The fourth-order valence-electron chi connectivity index (χ4n) is 2.19. The molecule has 22 heavy (non-hydrogen) atoms. The van der Waals surface area contributed by atoms with Gasteiger partial charge in [0.2, 0.25) is 0 Å². The van der Waals surface area contributed by atoms with Crippen molar-refractivity contribution in [3.05, 3.63) is 0 Å². The van der Waals surface area contributed by atoms with Gasteiger partial charge in [0.05, 0.1) is 23.5 Å². The Labute approximate surface area is 149 Å². The van der Waals surface area contributed by atoms with Crippen LogP contribution in [-0.4, -0.2) is 69.5 Å². The number of hydrogen-bond acceptors (Lipinski definition) is 5. The molecule has 130 valence electrons. The maximum atomic E-state index is 12.0. The van der Waals surface area contributed by atoms with Gasteiger partial charge in [0.25, 0.3) is 0 Å². The van der Waals surface area contributed by atoms with Crippen LogP contribution in [0.15, 0.2) is 4.99 Å². The van der Waals surface area contributed by atoms with Crippen molar-refractivity contribution < 1.29 is 17.9 Å². The zero-order valence-corrected chi connectivity index (χ0v) is 16.9.